The molecule has 1 aliphatic heterocycles. The number of amides is 2. The molecule has 1 aliphatic carbocycles. The second-order valence-electron chi connectivity index (χ2n) is 8.03. The van der Waals surface area contributed by atoms with E-state index in [9.17, 15) is 14.4 Å². The summed E-state index contributed by atoms with van der Waals surface area (Å²) in [5, 5.41) is 2.60. The quantitative estimate of drug-likeness (QED) is 0.697. The Labute approximate surface area is 166 Å². The maximum absolute atomic E-state index is 12.9. The predicted octanol–water partition coefficient (Wildman–Crippen LogP) is 2.94. The molecular weight excluding hydrogens is 356 g/mol. The number of ether oxygens (including phenoxy) is 1. The molecule has 0 spiro atoms. The first-order valence-electron chi connectivity index (χ1n) is 10.3. The number of carbonyl (C=O) groups is 3. The number of hydrogen-bond donors (Lipinski definition) is 1. The maximum Gasteiger partial charge on any atom is 0.255 e. The second-order valence-corrected chi connectivity index (χ2v) is 8.03. The molecule has 1 N–H and O–H groups in total. The lowest BCUT2D eigenvalue weighted by atomic mass is 9.83. The summed E-state index contributed by atoms with van der Waals surface area (Å²) in [6, 6.07) is 4.87. The standard InChI is InChI=1S/C22H30N2O4/c1-15-8-10-16(11-9-15)14-28-20-7-3-5-17-18(20)13-24(22(17)27)19(6-4-12-25)21(26)23-2/h3,5,7,12,15-16,19H,4,6,8-11,13-14H2,1-2H3,(H,23,26). The van der Waals surface area contributed by atoms with E-state index in [0.717, 1.165) is 23.5 Å². The Bertz CT molecular complexity index is 725. The second kappa shape index (κ2) is 9.22. The van der Waals surface area contributed by atoms with E-state index in [4.69, 9.17) is 4.74 Å². The summed E-state index contributed by atoms with van der Waals surface area (Å²) in [7, 11) is 1.55. The van der Waals surface area contributed by atoms with Gasteiger partial charge in [-0.25, -0.2) is 0 Å². The van der Waals surface area contributed by atoms with Gasteiger partial charge in [0.2, 0.25) is 5.91 Å². The van der Waals surface area contributed by atoms with Crippen LogP contribution < -0.4 is 10.1 Å². The molecule has 6 heteroatoms. The minimum Gasteiger partial charge on any atom is -0.493 e. The van der Waals surface area contributed by atoms with E-state index in [-0.39, 0.29) is 18.2 Å². The molecule has 1 atom stereocenters. The number of carbonyl (C=O) groups excluding carboxylic acids is 3. The highest BCUT2D eigenvalue weighted by Crippen LogP contribution is 2.34. The molecule has 1 aromatic rings. The Balaban J connectivity index is 1.72. The van der Waals surface area contributed by atoms with Crippen molar-refractivity contribution in [3.05, 3.63) is 29.3 Å². The highest BCUT2D eigenvalue weighted by atomic mass is 16.5. The highest BCUT2D eigenvalue weighted by Gasteiger charge is 2.37. The molecule has 1 aromatic carbocycles. The molecular formula is C22H30N2O4. The number of nitrogens with zero attached hydrogens (tertiary/aromatic N) is 1. The fourth-order valence-electron chi connectivity index (χ4n) is 4.24. The summed E-state index contributed by atoms with van der Waals surface area (Å²) in [6.07, 6.45) is 6.21. The van der Waals surface area contributed by atoms with Crippen LogP contribution in [0.2, 0.25) is 0 Å². The van der Waals surface area contributed by atoms with Crippen molar-refractivity contribution in [1.82, 2.24) is 10.2 Å². The Morgan fingerprint density at radius 1 is 1.32 bits per heavy atom. The first-order chi connectivity index (χ1) is 13.5. The predicted molar refractivity (Wildman–Crippen MR) is 106 cm³/mol. The summed E-state index contributed by atoms with van der Waals surface area (Å²) >= 11 is 0. The largest absolute Gasteiger partial charge is 0.493 e. The maximum atomic E-state index is 12.9. The summed E-state index contributed by atoms with van der Waals surface area (Å²) < 4.78 is 6.13. The third kappa shape index (κ3) is 4.37. The van der Waals surface area contributed by atoms with Gasteiger partial charge in [-0.3, -0.25) is 9.59 Å². The molecule has 1 saturated carbocycles. The van der Waals surface area contributed by atoms with Crippen LogP contribution in [0.4, 0.5) is 0 Å². The molecule has 28 heavy (non-hydrogen) atoms. The van der Waals surface area contributed by atoms with Gasteiger partial charge in [-0.15, -0.1) is 0 Å². The van der Waals surface area contributed by atoms with Crippen LogP contribution in [0, 0.1) is 11.8 Å². The number of benzene rings is 1. The van der Waals surface area contributed by atoms with E-state index in [1.54, 1.807) is 18.0 Å². The SMILES string of the molecule is CNC(=O)C(CCC=O)N1Cc2c(OCC3CCC(C)CC3)cccc2C1=O. The van der Waals surface area contributed by atoms with Gasteiger partial charge in [0.05, 0.1) is 13.2 Å². The zero-order valence-corrected chi connectivity index (χ0v) is 16.8. The van der Waals surface area contributed by atoms with Crippen molar-refractivity contribution < 1.29 is 19.1 Å². The van der Waals surface area contributed by atoms with Crippen LogP contribution in [0.5, 0.6) is 5.75 Å². The van der Waals surface area contributed by atoms with Gasteiger partial charge < -0.3 is 19.7 Å². The van der Waals surface area contributed by atoms with Crippen LogP contribution in [-0.2, 0) is 16.1 Å². The van der Waals surface area contributed by atoms with E-state index in [0.29, 0.717) is 31.1 Å². The summed E-state index contributed by atoms with van der Waals surface area (Å²) in [5.74, 6) is 1.68. The van der Waals surface area contributed by atoms with Crippen LogP contribution in [0.25, 0.3) is 0 Å². The van der Waals surface area contributed by atoms with Gasteiger partial charge in [-0.2, -0.15) is 0 Å². The third-order valence-corrected chi connectivity index (χ3v) is 6.05. The molecule has 0 aromatic heterocycles. The lowest BCUT2D eigenvalue weighted by Gasteiger charge is -2.27. The topological polar surface area (TPSA) is 75.7 Å². The molecule has 0 saturated heterocycles. The molecule has 1 unspecified atom stereocenters. The lowest BCUT2D eigenvalue weighted by Crippen LogP contribution is -2.46. The Hall–Kier alpha value is -2.37. The van der Waals surface area contributed by atoms with E-state index in [1.165, 1.54) is 25.7 Å². The minimum absolute atomic E-state index is 0.175. The summed E-state index contributed by atoms with van der Waals surface area (Å²) in [5.41, 5.74) is 1.44. The minimum atomic E-state index is -0.650. The van der Waals surface area contributed by atoms with E-state index >= 15 is 0 Å². The Morgan fingerprint density at radius 2 is 2.07 bits per heavy atom. The van der Waals surface area contributed by atoms with Crippen molar-refractivity contribution in [1.29, 1.82) is 0 Å². The van der Waals surface area contributed by atoms with E-state index in [1.807, 2.05) is 12.1 Å². The van der Waals surface area contributed by atoms with Gasteiger partial charge in [0.15, 0.2) is 0 Å². The van der Waals surface area contributed by atoms with Gasteiger partial charge in [0.25, 0.3) is 5.91 Å². The average molecular weight is 386 g/mol. The van der Waals surface area contributed by atoms with Crippen molar-refractivity contribution in [2.24, 2.45) is 11.8 Å². The monoisotopic (exact) mass is 386 g/mol. The van der Waals surface area contributed by atoms with Gasteiger partial charge in [0, 0.05) is 24.6 Å². The smallest absolute Gasteiger partial charge is 0.255 e. The molecule has 2 amide bonds. The zero-order valence-electron chi connectivity index (χ0n) is 16.8. The van der Waals surface area contributed by atoms with E-state index < -0.39 is 6.04 Å². The van der Waals surface area contributed by atoms with Gasteiger partial charge in [0.1, 0.15) is 18.1 Å². The third-order valence-electron chi connectivity index (χ3n) is 6.05. The van der Waals surface area contributed by atoms with E-state index in [2.05, 4.69) is 12.2 Å². The first kappa shape index (κ1) is 20.4. The number of hydrogen-bond acceptors (Lipinski definition) is 4. The molecule has 152 valence electrons. The molecule has 1 fully saturated rings. The highest BCUT2D eigenvalue weighted by molar-refractivity contribution is 6.01. The van der Waals surface area contributed by atoms with Gasteiger partial charge >= 0.3 is 0 Å². The lowest BCUT2D eigenvalue weighted by molar-refractivity contribution is -0.125. The molecule has 1 heterocycles. The fourth-order valence-corrected chi connectivity index (χ4v) is 4.24. The molecule has 2 aliphatic rings. The zero-order chi connectivity index (χ0) is 20.1. The fraction of sp³-hybridized carbons (Fsp3) is 0.591. The van der Waals surface area contributed by atoms with Crippen LogP contribution in [-0.4, -0.2) is 42.7 Å². The van der Waals surface area contributed by atoms with Crippen molar-refractivity contribution in [3.8, 4) is 5.75 Å². The van der Waals surface area contributed by atoms with Crippen LogP contribution in [0.3, 0.4) is 0 Å². The molecule has 3 rings (SSSR count). The van der Waals surface area contributed by atoms with Gasteiger partial charge in [-0.05, 0) is 43.2 Å². The van der Waals surface area contributed by atoms with Crippen molar-refractivity contribution in [3.63, 3.8) is 0 Å². The number of nitrogens with one attached hydrogen (secondary N) is 1. The number of rotatable bonds is 8. The molecule has 0 bridgehead atoms. The first-order valence-corrected chi connectivity index (χ1v) is 10.3. The number of fused-ring (bicyclic) bond motifs is 1. The number of likely N-dealkylation sites (N-methyl/N-ethyl adjacent to an activating group) is 1. The van der Waals surface area contributed by atoms with Crippen LogP contribution in [0.15, 0.2) is 18.2 Å². The Morgan fingerprint density at radius 3 is 2.75 bits per heavy atom. The molecule has 6 nitrogen and oxygen atoms in total. The summed E-state index contributed by atoms with van der Waals surface area (Å²) in [4.78, 5) is 37.6. The van der Waals surface area contributed by atoms with Crippen molar-refractivity contribution in [2.45, 2.75) is 58.0 Å². The van der Waals surface area contributed by atoms with Crippen molar-refractivity contribution >= 4 is 18.1 Å². The van der Waals surface area contributed by atoms with Crippen LogP contribution >= 0.6 is 0 Å². The summed E-state index contributed by atoms with van der Waals surface area (Å²) in [6.45, 7) is 3.30. The van der Waals surface area contributed by atoms with Gasteiger partial charge in [-0.1, -0.05) is 25.8 Å². The molecule has 0 radical (unpaired) electrons. The Kier molecular flexibility index (Phi) is 6.70. The van der Waals surface area contributed by atoms with Crippen molar-refractivity contribution in [2.75, 3.05) is 13.7 Å². The van der Waals surface area contributed by atoms with Crippen LogP contribution in [0.1, 0.15) is 61.4 Å². The normalized spacial score (nSPS) is 22.5. The average Bonchev–Trinajstić information content (AvgIpc) is 3.05. The number of aldehydes is 1.